The molecule has 1 aliphatic rings. The molecule has 0 bridgehead atoms. The zero-order valence-corrected chi connectivity index (χ0v) is 16.5. The highest BCUT2D eigenvalue weighted by atomic mass is 16.3. The molecule has 3 rings (SSSR count). The molecule has 1 fully saturated rings. The van der Waals surface area contributed by atoms with Crippen LogP contribution in [-0.2, 0) is 17.9 Å². The molecule has 1 saturated heterocycles. The van der Waals surface area contributed by atoms with Gasteiger partial charge in [0.25, 0.3) is 0 Å². The smallest absolute Gasteiger partial charge is 0.220 e. The van der Waals surface area contributed by atoms with Crippen LogP contribution in [-0.4, -0.2) is 39.1 Å². The number of carbonyl (C=O) groups is 1. The molecule has 0 spiro atoms. The Morgan fingerprint density at radius 3 is 2.57 bits per heavy atom. The van der Waals surface area contributed by atoms with E-state index in [2.05, 4.69) is 45.2 Å². The lowest BCUT2D eigenvalue weighted by Crippen LogP contribution is -2.38. The molecule has 1 aromatic heterocycles. The quantitative estimate of drug-likeness (QED) is 0.759. The van der Waals surface area contributed by atoms with Gasteiger partial charge in [0.1, 0.15) is 5.60 Å². The number of pyridine rings is 1. The SMILES string of the molecule is CC(C)(O)C#Cc1ccc(CN(Cc2cccnc2)C[C@@H]2CCC(=O)N2)cc1. The number of benzene rings is 1. The summed E-state index contributed by atoms with van der Waals surface area (Å²) in [5.74, 6) is 5.97. The van der Waals surface area contributed by atoms with E-state index in [0.29, 0.717) is 6.42 Å². The topological polar surface area (TPSA) is 65.5 Å². The summed E-state index contributed by atoms with van der Waals surface area (Å²) in [6.07, 6.45) is 5.15. The second kappa shape index (κ2) is 9.01. The number of rotatable bonds is 6. The van der Waals surface area contributed by atoms with Crippen molar-refractivity contribution in [2.45, 2.75) is 51.4 Å². The minimum atomic E-state index is -0.995. The fourth-order valence-corrected chi connectivity index (χ4v) is 3.24. The second-order valence-corrected chi connectivity index (χ2v) is 7.84. The second-order valence-electron chi connectivity index (χ2n) is 7.84. The van der Waals surface area contributed by atoms with Gasteiger partial charge < -0.3 is 10.4 Å². The molecule has 1 atom stereocenters. The van der Waals surface area contributed by atoms with E-state index in [1.807, 2.05) is 24.4 Å². The Morgan fingerprint density at radius 2 is 1.96 bits per heavy atom. The molecule has 0 saturated carbocycles. The van der Waals surface area contributed by atoms with Gasteiger partial charge in [-0.3, -0.25) is 14.7 Å². The average molecular weight is 377 g/mol. The van der Waals surface area contributed by atoms with Crippen molar-refractivity contribution in [1.29, 1.82) is 0 Å². The van der Waals surface area contributed by atoms with Gasteiger partial charge in [-0.1, -0.05) is 30.0 Å². The number of aromatic nitrogens is 1. The number of aliphatic hydroxyl groups is 1. The lowest BCUT2D eigenvalue weighted by Gasteiger charge is -2.25. The zero-order chi connectivity index (χ0) is 20.0. The molecule has 0 radical (unpaired) electrons. The average Bonchev–Trinajstić information content (AvgIpc) is 3.06. The minimum Gasteiger partial charge on any atom is -0.378 e. The Labute approximate surface area is 166 Å². The van der Waals surface area contributed by atoms with E-state index in [0.717, 1.165) is 37.2 Å². The van der Waals surface area contributed by atoms with Gasteiger partial charge in [0.15, 0.2) is 0 Å². The Morgan fingerprint density at radius 1 is 1.21 bits per heavy atom. The van der Waals surface area contributed by atoms with Crippen LogP contribution in [0.25, 0.3) is 0 Å². The molecule has 2 heterocycles. The van der Waals surface area contributed by atoms with Crippen molar-refractivity contribution in [2.75, 3.05) is 6.54 Å². The van der Waals surface area contributed by atoms with Crippen LogP contribution in [0.4, 0.5) is 0 Å². The van der Waals surface area contributed by atoms with Gasteiger partial charge in [0, 0.05) is 50.1 Å². The first kappa shape index (κ1) is 20.1. The van der Waals surface area contributed by atoms with Crippen LogP contribution in [0.1, 0.15) is 43.4 Å². The highest BCUT2D eigenvalue weighted by Gasteiger charge is 2.23. The van der Waals surface area contributed by atoms with Crippen LogP contribution in [0.15, 0.2) is 48.8 Å². The van der Waals surface area contributed by atoms with Crippen molar-refractivity contribution < 1.29 is 9.90 Å². The van der Waals surface area contributed by atoms with Crippen LogP contribution >= 0.6 is 0 Å². The van der Waals surface area contributed by atoms with Crippen LogP contribution in [0, 0.1) is 11.8 Å². The number of hydrogen-bond donors (Lipinski definition) is 2. The third-order valence-corrected chi connectivity index (χ3v) is 4.57. The molecule has 2 N–H and O–H groups in total. The van der Waals surface area contributed by atoms with Crippen molar-refractivity contribution in [2.24, 2.45) is 0 Å². The summed E-state index contributed by atoms with van der Waals surface area (Å²) < 4.78 is 0. The lowest BCUT2D eigenvalue weighted by atomic mass is 10.1. The fraction of sp³-hybridized carbons (Fsp3) is 0.391. The maximum atomic E-state index is 11.6. The van der Waals surface area contributed by atoms with Gasteiger partial charge in [-0.25, -0.2) is 0 Å². The van der Waals surface area contributed by atoms with Crippen molar-refractivity contribution >= 4 is 5.91 Å². The molecule has 1 amide bonds. The number of hydrogen-bond acceptors (Lipinski definition) is 4. The maximum absolute atomic E-state index is 11.6. The van der Waals surface area contributed by atoms with Gasteiger partial charge in [0.05, 0.1) is 0 Å². The summed E-state index contributed by atoms with van der Waals surface area (Å²) in [6.45, 7) is 5.71. The van der Waals surface area contributed by atoms with Crippen molar-refractivity contribution in [1.82, 2.24) is 15.2 Å². The Kier molecular flexibility index (Phi) is 6.45. The van der Waals surface area contributed by atoms with Gasteiger partial charge in [-0.15, -0.1) is 0 Å². The highest BCUT2D eigenvalue weighted by molar-refractivity contribution is 5.78. The summed E-state index contributed by atoms with van der Waals surface area (Å²) in [6, 6.07) is 12.3. The van der Waals surface area contributed by atoms with E-state index in [1.54, 1.807) is 20.0 Å². The summed E-state index contributed by atoms with van der Waals surface area (Å²) in [5, 5.41) is 12.8. The molecular weight excluding hydrogens is 350 g/mol. The number of nitrogens with one attached hydrogen (secondary N) is 1. The molecule has 0 unspecified atom stereocenters. The largest absolute Gasteiger partial charge is 0.378 e. The van der Waals surface area contributed by atoms with Crippen molar-refractivity contribution in [3.05, 3.63) is 65.5 Å². The van der Waals surface area contributed by atoms with E-state index in [9.17, 15) is 9.90 Å². The first-order chi connectivity index (χ1) is 13.4. The predicted octanol–water partition coefficient (Wildman–Crippen LogP) is 2.48. The number of nitrogens with zero attached hydrogens (tertiary/aromatic N) is 2. The van der Waals surface area contributed by atoms with Crippen LogP contribution in [0.2, 0.25) is 0 Å². The standard InChI is InChI=1S/C23H27N3O2/c1-23(2,28)12-11-18-5-7-19(8-6-18)15-26(16-20-4-3-13-24-14-20)17-21-9-10-22(27)25-21/h3-8,13-14,21,28H,9-10,15-17H2,1-2H3,(H,25,27)/t21-/m0/s1. The fourth-order valence-electron chi connectivity index (χ4n) is 3.24. The molecule has 5 heteroatoms. The molecule has 1 aromatic carbocycles. The predicted molar refractivity (Wildman–Crippen MR) is 109 cm³/mol. The molecule has 5 nitrogen and oxygen atoms in total. The van der Waals surface area contributed by atoms with Gasteiger partial charge in [0.2, 0.25) is 5.91 Å². The van der Waals surface area contributed by atoms with E-state index in [1.165, 1.54) is 5.56 Å². The zero-order valence-electron chi connectivity index (χ0n) is 16.5. The van der Waals surface area contributed by atoms with Crippen LogP contribution < -0.4 is 5.32 Å². The Balaban J connectivity index is 1.69. The van der Waals surface area contributed by atoms with Gasteiger partial charge in [-0.05, 0) is 49.6 Å². The van der Waals surface area contributed by atoms with E-state index in [4.69, 9.17) is 0 Å². The first-order valence-corrected chi connectivity index (χ1v) is 9.62. The minimum absolute atomic E-state index is 0.140. The third kappa shape index (κ3) is 6.49. The normalized spacial score (nSPS) is 16.6. The Hall–Kier alpha value is -2.68. The molecule has 2 aromatic rings. The highest BCUT2D eigenvalue weighted by Crippen LogP contribution is 2.15. The van der Waals surface area contributed by atoms with E-state index < -0.39 is 5.60 Å². The summed E-state index contributed by atoms with van der Waals surface area (Å²) >= 11 is 0. The molecule has 28 heavy (non-hydrogen) atoms. The van der Waals surface area contributed by atoms with Gasteiger partial charge in [-0.2, -0.15) is 0 Å². The van der Waals surface area contributed by atoms with Crippen molar-refractivity contribution in [3.8, 4) is 11.8 Å². The van der Waals surface area contributed by atoms with E-state index in [-0.39, 0.29) is 11.9 Å². The third-order valence-electron chi connectivity index (χ3n) is 4.57. The van der Waals surface area contributed by atoms with Crippen LogP contribution in [0.5, 0.6) is 0 Å². The summed E-state index contributed by atoms with van der Waals surface area (Å²) in [4.78, 5) is 18.1. The molecule has 1 aliphatic heterocycles. The maximum Gasteiger partial charge on any atom is 0.220 e. The first-order valence-electron chi connectivity index (χ1n) is 9.62. The monoisotopic (exact) mass is 377 g/mol. The van der Waals surface area contributed by atoms with Gasteiger partial charge >= 0.3 is 0 Å². The number of carbonyl (C=O) groups excluding carboxylic acids is 1. The van der Waals surface area contributed by atoms with Crippen molar-refractivity contribution in [3.63, 3.8) is 0 Å². The molecule has 0 aliphatic carbocycles. The summed E-state index contributed by atoms with van der Waals surface area (Å²) in [7, 11) is 0. The van der Waals surface area contributed by atoms with E-state index >= 15 is 0 Å². The number of amides is 1. The Bertz CT molecular complexity index is 845. The molecule has 146 valence electrons. The lowest BCUT2D eigenvalue weighted by molar-refractivity contribution is -0.119. The molecular formula is C23H27N3O2. The summed E-state index contributed by atoms with van der Waals surface area (Å²) in [5.41, 5.74) is 2.22. The van der Waals surface area contributed by atoms with Crippen LogP contribution in [0.3, 0.4) is 0 Å².